The molecule has 0 aromatic rings. The molecule has 0 aromatic heterocycles. The van der Waals surface area contributed by atoms with E-state index >= 15 is 0 Å². The van der Waals surface area contributed by atoms with Crippen molar-refractivity contribution in [3.05, 3.63) is 12.7 Å². The summed E-state index contributed by atoms with van der Waals surface area (Å²) in [5, 5.41) is 0. The topological polar surface area (TPSA) is 90.0 Å². The number of Topliss-reactive ketones (excluding diaryl/α,β-unsaturated/α-hetero) is 1. The first-order chi connectivity index (χ1) is 15.9. The number of carbonyl (C=O) groups is 4. The second-order valence-corrected chi connectivity index (χ2v) is 11.7. The highest BCUT2D eigenvalue weighted by molar-refractivity contribution is 5.95. The van der Waals surface area contributed by atoms with E-state index in [4.69, 9.17) is 9.47 Å². The molecule has 3 fully saturated rings. The first kappa shape index (κ1) is 26.4. The van der Waals surface area contributed by atoms with E-state index in [-0.39, 0.29) is 48.4 Å². The molecule has 34 heavy (non-hydrogen) atoms. The summed E-state index contributed by atoms with van der Waals surface area (Å²) >= 11 is 0. The van der Waals surface area contributed by atoms with Gasteiger partial charge in [-0.25, -0.2) is 0 Å². The van der Waals surface area contributed by atoms with Gasteiger partial charge in [0.1, 0.15) is 6.10 Å². The molecule has 1 amide bonds. The number of ether oxygens (including phenoxy) is 2. The van der Waals surface area contributed by atoms with Crippen molar-refractivity contribution in [2.75, 3.05) is 13.7 Å². The van der Waals surface area contributed by atoms with Crippen molar-refractivity contribution in [3.63, 3.8) is 0 Å². The standard InChI is InChI=1S/C27H41NO6/c1-7-18-14-27(18,25(32)33-6)15-22(29)21-12-17(2)16-28(21)24(31)20(26(3,4)5)13-23(30)34-19-10-8-9-11-19/h7,17-21H,1,8-16H2,2-6H3/t17-,18-,20-,21+,27-/m1/s1. The zero-order valence-corrected chi connectivity index (χ0v) is 21.4. The Hall–Kier alpha value is -2.18. The van der Waals surface area contributed by atoms with Gasteiger partial charge >= 0.3 is 11.9 Å². The number of carbonyl (C=O) groups excluding carboxylic acids is 4. The van der Waals surface area contributed by atoms with Crippen LogP contribution in [0.2, 0.25) is 0 Å². The van der Waals surface area contributed by atoms with Crippen LogP contribution in [0.15, 0.2) is 12.7 Å². The number of esters is 2. The smallest absolute Gasteiger partial charge is 0.312 e. The van der Waals surface area contributed by atoms with Crippen molar-refractivity contribution in [3.8, 4) is 0 Å². The van der Waals surface area contributed by atoms with Crippen LogP contribution in [0.25, 0.3) is 0 Å². The van der Waals surface area contributed by atoms with E-state index in [2.05, 4.69) is 6.58 Å². The molecular weight excluding hydrogens is 434 g/mol. The number of nitrogens with zero attached hydrogens (tertiary/aromatic N) is 1. The lowest BCUT2D eigenvalue weighted by atomic mass is 9.77. The quantitative estimate of drug-likeness (QED) is 0.369. The van der Waals surface area contributed by atoms with Crippen LogP contribution in [0.3, 0.4) is 0 Å². The Morgan fingerprint density at radius 1 is 1.18 bits per heavy atom. The Morgan fingerprint density at radius 3 is 2.35 bits per heavy atom. The van der Waals surface area contributed by atoms with E-state index in [0.717, 1.165) is 25.7 Å². The minimum absolute atomic E-state index is 0.00919. The Morgan fingerprint density at radius 2 is 1.82 bits per heavy atom. The van der Waals surface area contributed by atoms with Gasteiger partial charge in [-0.05, 0) is 55.8 Å². The molecule has 0 aromatic carbocycles. The second-order valence-electron chi connectivity index (χ2n) is 11.7. The second kappa shape index (κ2) is 10.2. The molecule has 0 N–H and O–H groups in total. The summed E-state index contributed by atoms with van der Waals surface area (Å²) in [4.78, 5) is 54.0. The van der Waals surface area contributed by atoms with E-state index in [1.165, 1.54) is 7.11 Å². The number of hydrogen-bond acceptors (Lipinski definition) is 6. The summed E-state index contributed by atoms with van der Waals surface area (Å²) in [6.07, 6.45) is 6.71. The molecule has 7 nitrogen and oxygen atoms in total. The average molecular weight is 476 g/mol. The summed E-state index contributed by atoms with van der Waals surface area (Å²) in [5.74, 6) is -1.54. The van der Waals surface area contributed by atoms with Gasteiger partial charge in [-0.3, -0.25) is 19.2 Å². The Bertz CT molecular complexity index is 823. The first-order valence-electron chi connectivity index (χ1n) is 12.7. The van der Waals surface area contributed by atoms with Crippen molar-refractivity contribution in [2.45, 2.75) is 91.2 Å². The maximum atomic E-state index is 13.8. The highest BCUT2D eigenvalue weighted by atomic mass is 16.5. The third-order valence-corrected chi connectivity index (χ3v) is 7.98. The fourth-order valence-electron chi connectivity index (χ4n) is 5.75. The van der Waals surface area contributed by atoms with Crippen LogP contribution in [0, 0.1) is 28.6 Å². The Labute approximate surface area is 203 Å². The molecule has 0 spiro atoms. The molecule has 1 heterocycles. The lowest BCUT2D eigenvalue weighted by Crippen LogP contribution is -2.48. The summed E-state index contributed by atoms with van der Waals surface area (Å²) in [6, 6.07) is -0.592. The van der Waals surface area contributed by atoms with Crippen LogP contribution in [0.4, 0.5) is 0 Å². The molecule has 190 valence electrons. The Kier molecular flexibility index (Phi) is 7.93. The van der Waals surface area contributed by atoms with Gasteiger partial charge in [0.2, 0.25) is 5.91 Å². The number of amides is 1. The van der Waals surface area contributed by atoms with Crippen LogP contribution in [-0.4, -0.2) is 54.3 Å². The van der Waals surface area contributed by atoms with Gasteiger partial charge in [-0.1, -0.05) is 33.8 Å². The van der Waals surface area contributed by atoms with Gasteiger partial charge in [0.15, 0.2) is 5.78 Å². The highest BCUT2D eigenvalue weighted by Gasteiger charge is 2.61. The maximum Gasteiger partial charge on any atom is 0.312 e. The molecule has 3 rings (SSSR count). The van der Waals surface area contributed by atoms with Crippen molar-refractivity contribution in [2.24, 2.45) is 28.6 Å². The largest absolute Gasteiger partial charge is 0.469 e. The SMILES string of the molecule is C=C[C@@H]1C[C@]1(CC(=O)[C@@H]1C[C@@H](C)CN1C(=O)[C@@H](CC(=O)OC1CCCC1)C(C)(C)C)C(=O)OC. The van der Waals surface area contributed by atoms with E-state index < -0.39 is 28.8 Å². The van der Waals surface area contributed by atoms with Gasteiger partial charge in [0, 0.05) is 13.0 Å². The van der Waals surface area contributed by atoms with E-state index in [1.807, 2.05) is 27.7 Å². The van der Waals surface area contributed by atoms with Crippen LogP contribution < -0.4 is 0 Å². The van der Waals surface area contributed by atoms with E-state index in [9.17, 15) is 19.2 Å². The zero-order chi connectivity index (χ0) is 25.3. The van der Waals surface area contributed by atoms with Crippen molar-refractivity contribution < 1.29 is 28.7 Å². The van der Waals surface area contributed by atoms with Gasteiger partial charge in [0.05, 0.1) is 30.9 Å². The molecule has 2 saturated carbocycles. The van der Waals surface area contributed by atoms with E-state index in [1.54, 1.807) is 11.0 Å². The minimum Gasteiger partial charge on any atom is -0.469 e. The van der Waals surface area contributed by atoms with Crippen molar-refractivity contribution >= 4 is 23.6 Å². The zero-order valence-electron chi connectivity index (χ0n) is 21.4. The van der Waals surface area contributed by atoms with Gasteiger partial charge < -0.3 is 14.4 Å². The molecule has 5 atom stereocenters. The molecule has 1 aliphatic heterocycles. The molecule has 1 saturated heterocycles. The van der Waals surface area contributed by atoms with Gasteiger partial charge in [-0.15, -0.1) is 6.58 Å². The van der Waals surface area contributed by atoms with Crippen LogP contribution in [-0.2, 0) is 28.7 Å². The summed E-state index contributed by atoms with van der Waals surface area (Å²) < 4.78 is 10.6. The van der Waals surface area contributed by atoms with Gasteiger partial charge in [0.25, 0.3) is 0 Å². The molecule has 0 radical (unpaired) electrons. The van der Waals surface area contributed by atoms with Crippen LogP contribution in [0.1, 0.15) is 79.1 Å². The average Bonchev–Trinajstić information content (AvgIpc) is 3.07. The van der Waals surface area contributed by atoms with Gasteiger partial charge in [-0.2, -0.15) is 0 Å². The molecule has 0 unspecified atom stereocenters. The number of ketones is 1. The third-order valence-electron chi connectivity index (χ3n) is 7.98. The minimum atomic E-state index is -0.858. The number of rotatable bonds is 9. The number of hydrogen-bond donors (Lipinski definition) is 0. The summed E-state index contributed by atoms with van der Waals surface area (Å²) in [7, 11) is 1.33. The first-order valence-corrected chi connectivity index (χ1v) is 12.7. The van der Waals surface area contributed by atoms with Crippen LogP contribution >= 0.6 is 0 Å². The number of likely N-dealkylation sites (tertiary alicyclic amines) is 1. The molecule has 0 bridgehead atoms. The maximum absolute atomic E-state index is 13.8. The lowest BCUT2D eigenvalue weighted by Gasteiger charge is -2.35. The third kappa shape index (κ3) is 5.55. The number of methoxy groups -OCH3 is 1. The fourth-order valence-corrected chi connectivity index (χ4v) is 5.75. The molecule has 3 aliphatic rings. The molecular formula is C27H41NO6. The van der Waals surface area contributed by atoms with E-state index in [0.29, 0.717) is 19.4 Å². The lowest BCUT2D eigenvalue weighted by molar-refractivity contribution is -0.156. The number of allylic oxidation sites excluding steroid dienone is 1. The Balaban J connectivity index is 1.74. The highest BCUT2D eigenvalue weighted by Crippen LogP contribution is 2.57. The summed E-state index contributed by atoms with van der Waals surface area (Å²) in [6.45, 7) is 12.1. The molecule has 2 aliphatic carbocycles. The normalized spacial score (nSPS) is 30.0. The predicted octanol–water partition coefficient (Wildman–Crippen LogP) is 4.09. The predicted molar refractivity (Wildman–Crippen MR) is 128 cm³/mol. The van der Waals surface area contributed by atoms with Crippen molar-refractivity contribution in [1.82, 2.24) is 4.90 Å². The van der Waals surface area contributed by atoms with Crippen LogP contribution in [0.5, 0.6) is 0 Å². The van der Waals surface area contributed by atoms with Crippen molar-refractivity contribution in [1.29, 1.82) is 0 Å². The fraction of sp³-hybridized carbons (Fsp3) is 0.778. The monoisotopic (exact) mass is 475 g/mol. The molecule has 7 heteroatoms. The summed E-state index contributed by atoms with van der Waals surface area (Å²) in [5.41, 5.74) is -1.33.